The van der Waals surface area contributed by atoms with Crippen molar-refractivity contribution >= 4 is 11.6 Å². The fourth-order valence-electron chi connectivity index (χ4n) is 1.87. The van der Waals surface area contributed by atoms with Crippen molar-refractivity contribution in [3.05, 3.63) is 52.4 Å². The molecule has 0 aliphatic heterocycles. The van der Waals surface area contributed by atoms with Gasteiger partial charge in [-0.1, -0.05) is 18.5 Å². The summed E-state index contributed by atoms with van der Waals surface area (Å²) in [6.45, 7) is 5.38. The first-order valence-corrected chi connectivity index (χ1v) is 7.28. The van der Waals surface area contributed by atoms with Crippen molar-refractivity contribution in [3.63, 3.8) is 0 Å². The van der Waals surface area contributed by atoms with E-state index in [2.05, 4.69) is 17.2 Å². The highest BCUT2D eigenvalue weighted by Crippen LogP contribution is 2.26. The summed E-state index contributed by atoms with van der Waals surface area (Å²) in [5.41, 5.74) is 1.46. The monoisotopic (exact) mass is 308 g/mol. The summed E-state index contributed by atoms with van der Waals surface area (Å²) in [4.78, 5) is 4.39. The van der Waals surface area contributed by atoms with E-state index in [9.17, 15) is 4.39 Å². The molecule has 0 radical (unpaired) electrons. The number of pyridine rings is 1. The van der Waals surface area contributed by atoms with Gasteiger partial charge in [-0.05, 0) is 49.7 Å². The lowest BCUT2D eigenvalue weighted by molar-refractivity contribution is 0.454. The van der Waals surface area contributed by atoms with Gasteiger partial charge in [-0.25, -0.2) is 9.37 Å². The van der Waals surface area contributed by atoms with Crippen LogP contribution in [0.4, 0.5) is 4.39 Å². The van der Waals surface area contributed by atoms with Gasteiger partial charge in [-0.3, -0.25) is 0 Å². The van der Waals surface area contributed by atoms with Gasteiger partial charge in [0, 0.05) is 12.6 Å². The highest BCUT2D eigenvalue weighted by molar-refractivity contribution is 6.31. The van der Waals surface area contributed by atoms with Gasteiger partial charge in [0.1, 0.15) is 11.6 Å². The van der Waals surface area contributed by atoms with Crippen LogP contribution in [0.2, 0.25) is 5.02 Å². The summed E-state index contributed by atoms with van der Waals surface area (Å²) in [6, 6.07) is 7.84. The second-order valence-electron chi connectivity index (χ2n) is 4.77. The molecule has 0 saturated heterocycles. The topological polar surface area (TPSA) is 34.2 Å². The first-order chi connectivity index (χ1) is 10.1. The van der Waals surface area contributed by atoms with Gasteiger partial charge in [0.15, 0.2) is 0 Å². The summed E-state index contributed by atoms with van der Waals surface area (Å²) in [5, 5.41) is 3.85. The zero-order valence-corrected chi connectivity index (χ0v) is 12.9. The van der Waals surface area contributed by atoms with Crippen LogP contribution in [0.25, 0.3) is 0 Å². The number of benzene rings is 1. The molecule has 21 heavy (non-hydrogen) atoms. The van der Waals surface area contributed by atoms with Gasteiger partial charge in [0.2, 0.25) is 5.88 Å². The van der Waals surface area contributed by atoms with Gasteiger partial charge in [0.25, 0.3) is 0 Å². The number of aryl methyl sites for hydroxylation is 1. The predicted molar refractivity (Wildman–Crippen MR) is 82.5 cm³/mol. The predicted octanol–water partition coefficient (Wildman–Crippen LogP) is 4.47. The molecule has 1 heterocycles. The number of halogens is 2. The standard InChI is InChI=1S/C16H18ClFN2O/c1-3-8-19-10-14-13(17)5-7-16(20-14)21-15-6-4-12(18)9-11(15)2/h4-7,9,19H,3,8,10H2,1-2H3. The van der Waals surface area contributed by atoms with Crippen LogP contribution in [0, 0.1) is 12.7 Å². The normalized spacial score (nSPS) is 10.7. The van der Waals surface area contributed by atoms with Crippen LogP contribution in [0.5, 0.6) is 11.6 Å². The summed E-state index contributed by atoms with van der Waals surface area (Å²) in [6.07, 6.45) is 1.04. The van der Waals surface area contributed by atoms with Crippen molar-refractivity contribution in [1.29, 1.82) is 0 Å². The van der Waals surface area contributed by atoms with E-state index >= 15 is 0 Å². The number of hydrogen-bond acceptors (Lipinski definition) is 3. The van der Waals surface area contributed by atoms with E-state index in [1.54, 1.807) is 25.1 Å². The zero-order valence-electron chi connectivity index (χ0n) is 12.1. The molecule has 5 heteroatoms. The van der Waals surface area contributed by atoms with Gasteiger partial charge < -0.3 is 10.1 Å². The Kier molecular flexibility index (Phi) is 5.53. The molecule has 0 atom stereocenters. The van der Waals surface area contributed by atoms with Crippen LogP contribution < -0.4 is 10.1 Å². The van der Waals surface area contributed by atoms with Crippen LogP contribution >= 0.6 is 11.6 Å². The van der Waals surface area contributed by atoms with Crippen LogP contribution in [0.3, 0.4) is 0 Å². The molecule has 0 fully saturated rings. The van der Waals surface area contributed by atoms with Gasteiger partial charge in [-0.15, -0.1) is 0 Å². The smallest absolute Gasteiger partial charge is 0.219 e. The summed E-state index contributed by atoms with van der Waals surface area (Å²) in [7, 11) is 0. The van der Waals surface area contributed by atoms with Crippen molar-refractivity contribution in [2.24, 2.45) is 0 Å². The van der Waals surface area contributed by atoms with Gasteiger partial charge in [-0.2, -0.15) is 0 Å². The quantitative estimate of drug-likeness (QED) is 0.799. The fourth-order valence-corrected chi connectivity index (χ4v) is 2.04. The van der Waals surface area contributed by atoms with Crippen molar-refractivity contribution in [2.45, 2.75) is 26.8 Å². The average Bonchev–Trinajstić information content (AvgIpc) is 2.45. The molecule has 0 unspecified atom stereocenters. The van der Waals surface area contributed by atoms with Crippen LogP contribution in [-0.4, -0.2) is 11.5 Å². The number of aromatic nitrogens is 1. The molecule has 112 valence electrons. The molecule has 3 nitrogen and oxygen atoms in total. The van der Waals surface area contributed by atoms with Crippen molar-refractivity contribution in [3.8, 4) is 11.6 Å². The van der Waals surface area contributed by atoms with E-state index < -0.39 is 0 Å². The van der Waals surface area contributed by atoms with Crippen molar-refractivity contribution < 1.29 is 9.13 Å². The molecule has 0 amide bonds. The van der Waals surface area contributed by atoms with Crippen LogP contribution in [0.15, 0.2) is 30.3 Å². The Hall–Kier alpha value is -1.65. The Morgan fingerprint density at radius 1 is 1.29 bits per heavy atom. The summed E-state index contributed by atoms with van der Waals surface area (Å²) >= 11 is 6.12. The fraction of sp³-hybridized carbons (Fsp3) is 0.312. The summed E-state index contributed by atoms with van der Waals surface area (Å²) in [5.74, 6) is 0.745. The molecule has 2 aromatic rings. The SMILES string of the molecule is CCCNCc1nc(Oc2ccc(F)cc2C)ccc1Cl. The molecule has 1 aromatic carbocycles. The number of nitrogens with zero attached hydrogens (tertiary/aromatic N) is 1. The molecule has 0 aliphatic carbocycles. The molecule has 0 spiro atoms. The molecule has 0 saturated carbocycles. The molecular weight excluding hydrogens is 291 g/mol. The van der Waals surface area contributed by atoms with Gasteiger partial charge in [0.05, 0.1) is 10.7 Å². The van der Waals surface area contributed by atoms with E-state index in [1.165, 1.54) is 12.1 Å². The number of nitrogens with one attached hydrogen (secondary N) is 1. The minimum absolute atomic E-state index is 0.284. The first-order valence-electron chi connectivity index (χ1n) is 6.90. The maximum atomic E-state index is 13.1. The number of hydrogen-bond donors (Lipinski definition) is 1. The Balaban J connectivity index is 2.14. The number of rotatable bonds is 6. The van der Waals surface area contributed by atoms with E-state index in [-0.39, 0.29) is 5.82 Å². The maximum absolute atomic E-state index is 13.1. The largest absolute Gasteiger partial charge is 0.439 e. The molecule has 1 N–H and O–H groups in total. The highest BCUT2D eigenvalue weighted by atomic mass is 35.5. The molecule has 1 aromatic heterocycles. The molecule has 0 aliphatic rings. The lowest BCUT2D eigenvalue weighted by atomic mass is 10.2. The zero-order chi connectivity index (χ0) is 15.2. The van der Waals surface area contributed by atoms with E-state index in [4.69, 9.17) is 16.3 Å². The third-order valence-electron chi connectivity index (χ3n) is 2.96. The average molecular weight is 309 g/mol. The van der Waals surface area contributed by atoms with E-state index in [0.717, 1.165) is 24.2 Å². The number of ether oxygens (including phenoxy) is 1. The second-order valence-corrected chi connectivity index (χ2v) is 5.17. The van der Waals surface area contributed by atoms with Gasteiger partial charge >= 0.3 is 0 Å². The second kappa shape index (κ2) is 7.38. The van der Waals surface area contributed by atoms with E-state index in [0.29, 0.717) is 23.2 Å². The van der Waals surface area contributed by atoms with Crippen LogP contribution in [0.1, 0.15) is 24.6 Å². The molecular formula is C16H18ClFN2O. The first kappa shape index (κ1) is 15.7. The maximum Gasteiger partial charge on any atom is 0.219 e. The van der Waals surface area contributed by atoms with Crippen LogP contribution in [-0.2, 0) is 6.54 Å². The minimum Gasteiger partial charge on any atom is -0.439 e. The molecule has 2 rings (SSSR count). The lowest BCUT2D eigenvalue weighted by Gasteiger charge is -2.10. The third-order valence-corrected chi connectivity index (χ3v) is 3.31. The van der Waals surface area contributed by atoms with E-state index in [1.807, 2.05) is 0 Å². The third kappa shape index (κ3) is 4.41. The van der Waals surface area contributed by atoms with Crippen molar-refractivity contribution in [1.82, 2.24) is 10.3 Å². The highest BCUT2D eigenvalue weighted by Gasteiger charge is 2.07. The lowest BCUT2D eigenvalue weighted by Crippen LogP contribution is -2.15. The minimum atomic E-state index is -0.284. The van der Waals surface area contributed by atoms with Crippen molar-refractivity contribution in [2.75, 3.05) is 6.54 Å². The Morgan fingerprint density at radius 3 is 2.81 bits per heavy atom. The Bertz CT molecular complexity index is 619. The Morgan fingerprint density at radius 2 is 2.10 bits per heavy atom. The molecule has 0 bridgehead atoms. The summed E-state index contributed by atoms with van der Waals surface area (Å²) < 4.78 is 18.8. The Labute approximate surface area is 129 Å².